The zero-order valence-corrected chi connectivity index (χ0v) is 23.0. The molecular formula is C26H30BrN5O3Si. The molecule has 0 radical (unpaired) electrons. The lowest BCUT2D eigenvalue weighted by Gasteiger charge is -2.43. The van der Waals surface area contributed by atoms with Gasteiger partial charge in [0, 0.05) is 0 Å². The highest BCUT2D eigenvalue weighted by atomic mass is 79.9. The molecule has 188 valence electrons. The van der Waals surface area contributed by atoms with Gasteiger partial charge < -0.3 is 20.0 Å². The highest BCUT2D eigenvalue weighted by Gasteiger charge is 2.52. The summed E-state index contributed by atoms with van der Waals surface area (Å²) < 4.78 is 15.1. The fourth-order valence-electron chi connectivity index (χ4n) is 5.10. The van der Waals surface area contributed by atoms with Gasteiger partial charge in [-0.1, -0.05) is 97.4 Å². The second-order valence-corrected chi connectivity index (χ2v) is 15.4. The van der Waals surface area contributed by atoms with Crippen LogP contribution in [0, 0.1) is 0 Å². The van der Waals surface area contributed by atoms with Gasteiger partial charge in [0.2, 0.25) is 0 Å². The highest BCUT2D eigenvalue weighted by molar-refractivity contribution is 9.09. The molecule has 0 unspecified atom stereocenters. The average molecular weight is 569 g/mol. The maximum atomic E-state index is 11.1. The number of anilines is 1. The Hall–Kier alpha value is -2.63. The van der Waals surface area contributed by atoms with Crippen molar-refractivity contribution in [3.8, 4) is 0 Å². The van der Waals surface area contributed by atoms with E-state index in [0.717, 1.165) is 0 Å². The Kier molecular flexibility index (Phi) is 6.73. The first-order chi connectivity index (χ1) is 17.2. The summed E-state index contributed by atoms with van der Waals surface area (Å²) in [5.74, 6) is 0.285. The molecule has 1 fully saturated rings. The van der Waals surface area contributed by atoms with Crippen molar-refractivity contribution in [1.29, 1.82) is 0 Å². The first-order valence-electron chi connectivity index (χ1n) is 11.9. The molecule has 3 heterocycles. The molecule has 0 bridgehead atoms. The molecule has 0 saturated carbocycles. The molecular weight excluding hydrogens is 538 g/mol. The van der Waals surface area contributed by atoms with E-state index in [0.29, 0.717) is 17.8 Å². The zero-order valence-electron chi connectivity index (χ0n) is 20.5. The average Bonchev–Trinajstić information content (AvgIpc) is 3.42. The third-order valence-electron chi connectivity index (χ3n) is 6.83. The number of aliphatic hydroxyl groups is 1. The summed E-state index contributed by atoms with van der Waals surface area (Å²) >= 11 is 3.67. The van der Waals surface area contributed by atoms with Gasteiger partial charge in [0.1, 0.15) is 17.9 Å². The predicted octanol–water partition coefficient (Wildman–Crippen LogP) is 3.01. The van der Waals surface area contributed by atoms with Crippen LogP contribution in [0.15, 0.2) is 73.3 Å². The van der Waals surface area contributed by atoms with Gasteiger partial charge in [-0.25, -0.2) is 15.0 Å². The number of nitrogen functional groups attached to an aromatic ring is 1. The molecule has 0 amide bonds. The highest BCUT2D eigenvalue weighted by Crippen LogP contribution is 2.40. The molecule has 2 aromatic heterocycles. The summed E-state index contributed by atoms with van der Waals surface area (Å²) in [5.41, 5.74) is 6.94. The number of aromatic nitrogens is 4. The molecule has 1 aliphatic heterocycles. The number of aliphatic hydroxyl groups excluding tert-OH is 1. The van der Waals surface area contributed by atoms with Crippen molar-refractivity contribution in [1.82, 2.24) is 19.5 Å². The molecule has 0 spiro atoms. The van der Waals surface area contributed by atoms with Crippen molar-refractivity contribution >= 4 is 51.6 Å². The smallest absolute Gasteiger partial charge is 0.261 e. The van der Waals surface area contributed by atoms with E-state index in [2.05, 4.69) is 100 Å². The van der Waals surface area contributed by atoms with E-state index in [1.165, 1.54) is 16.7 Å². The number of hydrogen-bond donors (Lipinski definition) is 2. The number of fused-ring (bicyclic) bond motifs is 1. The van der Waals surface area contributed by atoms with Gasteiger partial charge >= 0.3 is 0 Å². The second kappa shape index (κ2) is 9.68. The van der Waals surface area contributed by atoms with Crippen molar-refractivity contribution in [2.24, 2.45) is 0 Å². The molecule has 10 heteroatoms. The number of nitrogens with two attached hydrogens (primary N) is 1. The Labute approximate surface area is 219 Å². The number of rotatable bonds is 6. The van der Waals surface area contributed by atoms with Crippen molar-refractivity contribution < 1.29 is 14.3 Å². The first-order valence-corrected chi connectivity index (χ1v) is 14.7. The zero-order chi connectivity index (χ0) is 25.5. The number of imidazole rings is 1. The Balaban J connectivity index is 1.48. The third kappa shape index (κ3) is 4.16. The molecule has 8 nitrogen and oxygen atoms in total. The van der Waals surface area contributed by atoms with Gasteiger partial charge in [-0.15, -0.1) is 0 Å². The van der Waals surface area contributed by atoms with Crippen LogP contribution in [0.1, 0.15) is 27.0 Å². The lowest BCUT2D eigenvalue weighted by Crippen LogP contribution is -2.67. The second-order valence-electron chi connectivity index (χ2n) is 10.1. The Morgan fingerprint density at radius 1 is 1.03 bits per heavy atom. The van der Waals surface area contributed by atoms with Crippen LogP contribution in [0.4, 0.5) is 5.82 Å². The Morgan fingerprint density at radius 3 is 2.22 bits per heavy atom. The van der Waals surface area contributed by atoms with Crippen LogP contribution >= 0.6 is 15.9 Å². The van der Waals surface area contributed by atoms with Crippen LogP contribution < -0.4 is 16.1 Å². The molecule has 0 aliphatic carbocycles. The van der Waals surface area contributed by atoms with Gasteiger partial charge in [-0.05, 0) is 15.4 Å². The molecule has 36 heavy (non-hydrogen) atoms. The van der Waals surface area contributed by atoms with E-state index < -0.39 is 26.8 Å². The van der Waals surface area contributed by atoms with Crippen LogP contribution in [0.25, 0.3) is 11.2 Å². The molecule has 1 saturated heterocycles. The van der Waals surface area contributed by atoms with Gasteiger partial charge in [0.25, 0.3) is 8.32 Å². The van der Waals surface area contributed by atoms with Crippen LogP contribution in [0.2, 0.25) is 5.04 Å². The summed E-state index contributed by atoms with van der Waals surface area (Å²) in [4.78, 5) is 12.3. The number of hydrogen-bond acceptors (Lipinski definition) is 7. The minimum absolute atomic E-state index is 0.164. The van der Waals surface area contributed by atoms with Gasteiger partial charge in [0.05, 0.1) is 23.9 Å². The van der Waals surface area contributed by atoms with E-state index in [1.54, 1.807) is 10.9 Å². The van der Waals surface area contributed by atoms with Gasteiger partial charge in [-0.3, -0.25) is 4.57 Å². The number of nitrogens with zero attached hydrogens (tertiary/aromatic N) is 4. The normalized spacial score (nSPS) is 22.8. The number of halogens is 1. The lowest BCUT2D eigenvalue weighted by atomic mass is 10.2. The largest absolute Gasteiger partial charge is 0.405 e. The molecule has 2 aromatic carbocycles. The van der Waals surface area contributed by atoms with Crippen molar-refractivity contribution in [3.05, 3.63) is 73.3 Å². The van der Waals surface area contributed by atoms with Crippen LogP contribution in [-0.2, 0) is 9.16 Å². The number of alkyl halides is 1. The summed E-state index contributed by atoms with van der Waals surface area (Å²) in [6.45, 7) is 7.01. The fraction of sp³-hybridized carbons (Fsp3) is 0.346. The van der Waals surface area contributed by atoms with E-state index in [9.17, 15) is 5.11 Å². The Bertz CT molecular complexity index is 1290. The standard InChI is InChI=1S/C26H30BrN5O3Si/c1-26(2,3)36(17-10-6-4-7-11-17,18-12-8-5-9-13-18)34-14-19-20(27)22(33)25(35-19)32-16-31-21-23(28)29-15-30-24(21)32/h4-13,15-16,19-20,22,25,33H,14H2,1-3H3,(H2,28,29,30)/t19-,20+,22-,25-/m1/s1. The predicted molar refractivity (Wildman–Crippen MR) is 146 cm³/mol. The van der Waals surface area contributed by atoms with Crippen molar-refractivity contribution in [2.75, 3.05) is 12.3 Å². The molecule has 4 aromatic rings. The summed E-state index contributed by atoms with van der Waals surface area (Å²) in [7, 11) is -2.75. The summed E-state index contributed by atoms with van der Waals surface area (Å²) in [5, 5.41) is 13.3. The van der Waals surface area contributed by atoms with Gasteiger partial charge in [0.15, 0.2) is 17.7 Å². The quantitative estimate of drug-likeness (QED) is 0.272. The SMILES string of the molecule is CC(C)(C)[Si](OC[C@H]1O[C@@H](n2cnc3c(N)ncnc32)[C@H](O)[C@H]1Br)(c1ccccc1)c1ccccc1. The number of benzene rings is 2. The molecule has 3 N–H and O–H groups in total. The summed E-state index contributed by atoms with van der Waals surface area (Å²) in [6, 6.07) is 20.9. The number of ether oxygens (including phenoxy) is 1. The molecule has 5 rings (SSSR count). The van der Waals surface area contributed by atoms with E-state index >= 15 is 0 Å². The maximum absolute atomic E-state index is 11.1. The minimum Gasteiger partial charge on any atom is -0.405 e. The van der Waals surface area contributed by atoms with Crippen molar-refractivity contribution in [2.45, 2.75) is 49.1 Å². The fourth-order valence-corrected chi connectivity index (χ4v) is 10.2. The Morgan fingerprint density at radius 2 is 1.64 bits per heavy atom. The monoisotopic (exact) mass is 567 g/mol. The van der Waals surface area contributed by atoms with E-state index in [4.69, 9.17) is 14.9 Å². The molecule has 1 aliphatic rings. The lowest BCUT2D eigenvalue weighted by molar-refractivity contribution is -0.0467. The van der Waals surface area contributed by atoms with E-state index in [1.807, 2.05) is 12.1 Å². The van der Waals surface area contributed by atoms with E-state index in [-0.39, 0.29) is 15.7 Å². The molecule has 4 atom stereocenters. The van der Waals surface area contributed by atoms with Crippen LogP contribution in [0.3, 0.4) is 0 Å². The summed E-state index contributed by atoms with van der Waals surface area (Å²) in [6.07, 6.45) is 1.03. The minimum atomic E-state index is -2.75. The van der Waals surface area contributed by atoms with Gasteiger partial charge in [-0.2, -0.15) is 0 Å². The maximum Gasteiger partial charge on any atom is 0.261 e. The third-order valence-corrected chi connectivity index (χ3v) is 13.0. The first kappa shape index (κ1) is 25.0. The van der Waals surface area contributed by atoms with Crippen LogP contribution in [0.5, 0.6) is 0 Å². The topological polar surface area (TPSA) is 108 Å². The van der Waals surface area contributed by atoms with Crippen LogP contribution in [-0.4, -0.2) is 56.6 Å². The van der Waals surface area contributed by atoms with Crippen molar-refractivity contribution in [3.63, 3.8) is 0 Å².